The fraction of sp³-hybridized carbons (Fsp3) is 0.371. The van der Waals surface area contributed by atoms with Gasteiger partial charge < -0.3 is 31.0 Å². The molecule has 8 rings (SSSR count). The Labute approximate surface area is 260 Å². The minimum atomic E-state index is -1.24. The summed E-state index contributed by atoms with van der Waals surface area (Å²) in [6.07, 6.45) is 10.3. The first kappa shape index (κ1) is 28.7. The van der Waals surface area contributed by atoms with E-state index in [1.165, 1.54) is 25.5 Å². The van der Waals surface area contributed by atoms with Crippen LogP contribution >= 0.6 is 0 Å². The van der Waals surface area contributed by atoms with Crippen molar-refractivity contribution in [3.63, 3.8) is 0 Å². The molecule has 0 spiro atoms. The zero-order chi connectivity index (χ0) is 31.5. The van der Waals surface area contributed by atoms with Crippen LogP contribution in [0.4, 0.5) is 11.8 Å². The van der Waals surface area contributed by atoms with Crippen molar-refractivity contribution in [2.24, 2.45) is 17.8 Å². The van der Waals surface area contributed by atoms with Gasteiger partial charge in [0.1, 0.15) is 11.4 Å². The number of carboxylic acid groups (broad SMARTS) is 1. The van der Waals surface area contributed by atoms with E-state index in [1.54, 1.807) is 20.4 Å². The number of hydrogen-bond donors (Lipinski definition) is 4. The molecule has 6 N–H and O–H groups in total. The maximum Gasteiger partial charge on any atom is 0.341 e. The Kier molecular flexibility index (Phi) is 6.92. The van der Waals surface area contributed by atoms with Gasteiger partial charge in [0.15, 0.2) is 11.5 Å². The summed E-state index contributed by atoms with van der Waals surface area (Å²) in [6.45, 7) is 0. The van der Waals surface area contributed by atoms with Crippen LogP contribution < -0.4 is 26.4 Å². The molecule has 0 aliphatic heterocycles. The van der Waals surface area contributed by atoms with Crippen molar-refractivity contribution in [3.8, 4) is 23.3 Å². The molecule has 2 heterocycles. The van der Waals surface area contributed by atoms with E-state index < -0.39 is 11.4 Å². The maximum atomic E-state index is 13.3. The number of aromatic amines is 1. The molecule has 0 radical (unpaired) electrons. The van der Waals surface area contributed by atoms with Crippen LogP contribution in [0, 0.1) is 29.6 Å². The number of nitrogen functional groups attached to an aromatic ring is 2. The summed E-state index contributed by atoms with van der Waals surface area (Å²) in [6, 6.07) is 7.65. The Bertz CT molecular complexity index is 1950. The molecular weight excluding hydrogens is 570 g/mol. The quantitative estimate of drug-likeness (QED) is 0.229. The van der Waals surface area contributed by atoms with E-state index >= 15 is 0 Å². The highest BCUT2D eigenvalue weighted by atomic mass is 16.5. The Balaban J connectivity index is 1.38. The zero-order valence-electron chi connectivity index (χ0n) is 25.3. The van der Waals surface area contributed by atoms with E-state index in [2.05, 4.69) is 26.8 Å². The smallest absolute Gasteiger partial charge is 0.341 e. The number of aromatic nitrogens is 3. The average molecular weight is 606 g/mol. The number of carboxylic acids is 1. The SMILES string of the molecule is COc1cc(Cc2cnc(N)nc2N)cc(C#Cc2cc3[nH]cc(C(=O)O)c(=O)c3cc2C23CC4CC(CC(C4)C2)C3)c1OC. The Morgan fingerprint density at radius 1 is 1.02 bits per heavy atom. The van der Waals surface area contributed by atoms with E-state index in [1.807, 2.05) is 24.3 Å². The van der Waals surface area contributed by atoms with Crippen LogP contribution in [0.2, 0.25) is 0 Å². The number of nitrogens with zero attached hydrogens (tertiary/aromatic N) is 2. The molecule has 0 atom stereocenters. The molecule has 45 heavy (non-hydrogen) atoms. The minimum Gasteiger partial charge on any atom is -0.493 e. The van der Waals surface area contributed by atoms with Crippen molar-refractivity contribution in [2.75, 3.05) is 25.7 Å². The zero-order valence-corrected chi connectivity index (χ0v) is 25.3. The molecule has 10 heteroatoms. The number of hydrogen-bond acceptors (Lipinski definition) is 8. The highest BCUT2D eigenvalue weighted by Gasteiger charge is 2.52. The molecule has 4 bridgehead atoms. The summed E-state index contributed by atoms with van der Waals surface area (Å²) in [5.41, 5.74) is 15.6. The summed E-state index contributed by atoms with van der Waals surface area (Å²) in [5, 5.41) is 10.0. The number of rotatable bonds is 6. The number of benzene rings is 2. The Morgan fingerprint density at radius 3 is 2.33 bits per heavy atom. The Morgan fingerprint density at radius 2 is 1.71 bits per heavy atom. The largest absolute Gasteiger partial charge is 0.493 e. The van der Waals surface area contributed by atoms with E-state index in [-0.39, 0.29) is 16.9 Å². The van der Waals surface area contributed by atoms with Crippen LogP contribution in [-0.2, 0) is 11.8 Å². The summed E-state index contributed by atoms with van der Waals surface area (Å²) >= 11 is 0. The predicted octanol–water partition coefficient (Wildman–Crippen LogP) is 4.66. The molecule has 2 aromatic heterocycles. The number of nitrogens with one attached hydrogen (secondary N) is 1. The van der Waals surface area contributed by atoms with Gasteiger partial charge in [-0.3, -0.25) is 4.79 Å². The second-order valence-electron chi connectivity index (χ2n) is 12.9. The normalized spacial score (nSPS) is 23.0. The average Bonchev–Trinajstić information content (AvgIpc) is 3.00. The third-order valence-electron chi connectivity index (χ3n) is 10.0. The number of ether oxygens (including phenoxy) is 2. The van der Waals surface area contributed by atoms with Crippen LogP contribution in [0.25, 0.3) is 10.9 Å². The molecular formula is C35H35N5O5. The predicted molar refractivity (Wildman–Crippen MR) is 171 cm³/mol. The lowest BCUT2D eigenvalue weighted by molar-refractivity contribution is -0.00524. The van der Waals surface area contributed by atoms with Crippen LogP contribution in [0.1, 0.15) is 76.7 Å². The number of carbonyl (C=O) groups is 1. The third-order valence-corrected chi connectivity index (χ3v) is 10.0. The number of methoxy groups -OCH3 is 2. The molecule has 4 aromatic rings. The molecule has 4 fully saturated rings. The topological polar surface area (TPSA) is 166 Å². The second kappa shape index (κ2) is 10.8. The molecule has 4 aliphatic carbocycles. The van der Waals surface area contributed by atoms with Crippen molar-refractivity contribution in [3.05, 3.63) is 80.3 Å². The van der Waals surface area contributed by atoms with E-state index in [9.17, 15) is 14.7 Å². The fourth-order valence-corrected chi connectivity index (χ4v) is 8.55. The van der Waals surface area contributed by atoms with Gasteiger partial charge in [0.25, 0.3) is 0 Å². The Hall–Kier alpha value is -5.04. The lowest BCUT2D eigenvalue weighted by atomic mass is 9.47. The van der Waals surface area contributed by atoms with Crippen molar-refractivity contribution in [1.82, 2.24) is 15.0 Å². The lowest BCUT2D eigenvalue weighted by Crippen LogP contribution is -2.48. The van der Waals surface area contributed by atoms with E-state index in [0.29, 0.717) is 58.0 Å². The van der Waals surface area contributed by atoms with Gasteiger partial charge in [-0.2, -0.15) is 4.98 Å². The van der Waals surface area contributed by atoms with Gasteiger partial charge >= 0.3 is 5.97 Å². The van der Waals surface area contributed by atoms with E-state index in [0.717, 1.165) is 41.5 Å². The molecule has 0 amide bonds. The molecule has 10 nitrogen and oxygen atoms in total. The molecule has 230 valence electrons. The molecule has 4 aliphatic rings. The summed E-state index contributed by atoms with van der Waals surface area (Å²) in [5.74, 6) is 9.03. The highest BCUT2D eigenvalue weighted by molar-refractivity contribution is 5.93. The first-order valence-electron chi connectivity index (χ1n) is 15.2. The molecule has 2 aromatic carbocycles. The van der Waals surface area contributed by atoms with Crippen molar-refractivity contribution in [2.45, 2.75) is 50.4 Å². The number of H-pyrrole nitrogens is 1. The molecule has 4 saturated carbocycles. The number of fused-ring (bicyclic) bond motifs is 1. The minimum absolute atomic E-state index is 0.0884. The first-order valence-corrected chi connectivity index (χ1v) is 15.2. The number of anilines is 2. The van der Waals surface area contributed by atoms with Gasteiger partial charge in [-0.1, -0.05) is 11.8 Å². The molecule has 0 unspecified atom stereocenters. The standard InChI is InChI=1S/C35H35N5O5/c1-44-29-10-18(9-24-16-39-34(37)40-32(24)36)8-23(31(29)45-2)4-3-22-11-28-25(30(41)26(17-38-28)33(42)43)12-27(22)35-13-19-5-20(14-35)7-21(6-19)15-35/h8,10-12,16-17,19-21H,5-7,9,13-15H2,1-2H3,(H,38,41)(H,42,43)(H4,36,37,39,40). The van der Waals surface area contributed by atoms with Gasteiger partial charge in [0, 0.05) is 35.3 Å². The van der Waals surface area contributed by atoms with Crippen molar-refractivity contribution < 1.29 is 19.4 Å². The number of pyridine rings is 1. The van der Waals surface area contributed by atoms with Crippen molar-refractivity contribution >= 4 is 28.6 Å². The fourth-order valence-electron chi connectivity index (χ4n) is 8.55. The number of nitrogens with two attached hydrogens (primary N) is 2. The second-order valence-corrected chi connectivity index (χ2v) is 12.9. The number of aromatic carboxylic acids is 1. The lowest BCUT2D eigenvalue weighted by Gasteiger charge is -2.57. The summed E-state index contributed by atoms with van der Waals surface area (Å²) in [7, 11) is 3.16. The van der Waals surface area contributed by atoms with Gasteiger partial charge in [0.2, 0.25) is 11.4 Å². The first-order chi connectivity index (χ1) is 21.7. The van der Waals surface area contributed by atoms with Gasteiger partial charge in [-0.15, -0.1) is 0 Å². The van der Waals surface area contributed by atoms with Gasteiger partial charge in [-0.05, 0) is 97.1 Å². The molecule has 0 saturated heterocycles. The van der Waals surface area contributed by atoms with Crippen LogP contribution in [-0.4, -0.2) is 40.2 Å². The third kappa shape index (κ3) is 5.02. The van der Waals surface area contributed by atoms with Crippen molar-refractivity contribution in [1.29, 1.82) is 0 Å². The van der Waals surface area contributed by atoms with Crippen LogP contribution in [0.15, 0.2) is 41.5 Å². The highest BCUT2D eigenvalue weighted by Crippen LogP contribution is 2.61. The van der Waals surface area contributed by atoms with Crippen LogP contribution in [0.3, 0.4) is 0 Å². The van der Waals surface area contributed by atoms with Crippen LogP contribution in [0.5, 0.6) is 11.5 Å². The monoisotopic (exact) mass is 605 g/mol. The van der Waals surface area contributed by atoms with Gasteiger partial charge in [0.05, 0.1) is 25.3 Å². The van der Waals surface area contributed by atoms with Gasteiger partial charge in [-0.25, -0.2) is 9.78 Å². The summed E-state index contributed by atoms with van der Waals surface area (Å²) < 4.78 is 11.4. The van der Waals surface area contributed by atoms with E-state index in [4.69, 9.17) is 20.9 Å². The maximum absolute atomic E-state index is 13.3. The summed E-state index contributed by atoms with van der Waals surface area (Å²) in [4.78, 5) is 36.3.